The van der Waals surface area contributed by atoms with Crippen LogP contribution in [0.5, 0.6) is 0 Å². The zero-order valence-corrected chi connectivity index (χ0v) is 18.4. The highest BCUT2D eigenvalue weighted by atomic mass is 32.1. The van der Waals surface area contributed by atoms with Crippen LogP contribution >= 0.6 is 22.7 Å². The summed E-state index contributed by atoms with van der Waals surface area (Å²) in [7, 11) is 0. The van der Waals surface area contributed by atoms with E-state index in [2.05, 4.69) is 28.8 Å². The Morgan fingerprint density at radius 2 is 1.97 bits per heavy atom. The first-order valence-electron chi connectivity index (χ1n) is 9.33. The molecule has 0 unspecified atom stereocenters. The van der Waals surface area contributed by atoms with Gasteiger partial charge in [0, 0.05) is 24.2 Å². The fraction of sp³-hybridized carbons (Fsp3) is 0.238. The molecule has 0 aliphatic carbocycles. The Bertz CT molecular complexity index is 1030. The topological polar surface area (TPSA) is 84.4 Å². The van der Waals surface area contributed by atoms with E-state index in [1.807, 2.05) is 24.3 Å². The van der Waals surface area contributed by atoms with Crippen molar-refractivity contribution in [3.8, 4) is 0 Å². The minimum absolute atomic E-state index is 0.00277. The van der Waals surface area contributed by atoms with Crippen molar-refractivity contribution in [1.29, 1.82) is 0 Å². The second-order valence-electron chi connectivity index (χ2n) is 6.28. The summed E-state index contributed by atoms with van der Waals surface area (Å²) in [5.74, 6) is -0.662. The van der Waals surface area contributed by atoms with Gasteiger partial charge in [0.25, 0.3) is 0 Å². The zero-order chi connectivity index (χ0) is 21.5. The number of aromatic nitrogens is 2. The number of rotatable bonds is 9. The van der Waals surface area contributed by atoms with E-state index in [1.165, 1.54) is 35.2 Å². The first-order valence-corrected chi connectivity index (χ1v) is 11.1. The van der Waals surface area contributed by atoms with Crippen molar-refractivity contribution in [3.05, 3.63) is 64.6 Å². The standard InChI is InChI=1S/C21H22N4O3S2/c1-4-10-22-20-24-18(13-29-20)19(27)28-11-16-12-30-21(23-16)25(14(3)26)17-8-6-15(5-2)7-9-17/h4,6-9,12-13H,1,5,10-11H2,2-3H3,(H,22,24). The highest BCUT2D eigenvalue weighted by molar-refractivity contribution is 7.14. The summed E-state index contributed by atoms with van der Waals surface area (Å²) in [5.41, 5.74) is 2.75. The lowest BCUT2D eigenvalue weighted by Crippen LogP contribution is -2.22. The van der Waals surface area contributed by atoms with Crippen LogP contribution in [0, 0.1) is 0 Å². The molecule has 0 saturated carbocycles. The van der Waals surface area contributed by atoms with Gasteiger partial charge in [-0.25, -0.2) is 14.8 Å². The van der Waals surface area contributed by atoms with Gasteiger partial charge in [0.2, 0.25) is 5.91 Å². The number of esters is 1. The highest BCUT2D eigenvalue weighted by Crippen LogP contribution is 2.29. The van der Waals surface area contributed by atoms with Gasteiger partial charge in [-0.05, 0) is 24.1 Å². The lowest BCUT2D eigenvalue weighted by molar-refractivity contribution is -0.115. The fourth-order valence-corrected chi connectivity index (χ4v) is 4.16. The summed E-state index contributed by atoms with van der Waals surface area (Å²) < 4.78 is 5.32. The van der Waals surface area contributed by atoms with Gasteiger partial charge in [0.1, 0.15) is 6.61 Å². The van der Waals surface area contributed by atoms with Crippen molar-refractivity contribution in [3.63, 3.8) is 0 Å². The molecule has 0 spiro atoms. The number of ether oxygens (including phenoxy) is 1. The Kier molecular flexibility index (Phi) is 7.31. The summed E-state index contributed by atoms with van der Waals surface area (Å²) >= 11 is 2.64. The van der Waals surface area contributed by atoms with E-state index < -0.39 is 5.97 Å². The van der Waals surface area contributed by atoms with Gasteiger partial charge < -0.3 is 10.1 Å². The molecule has 0 radical (unpaired) electrons. The molecule has 3 rings (SSSR count). The minimum atomic E-state index is -0.522. The second-order valence-corrected chi connectivity index (χ2v) is 7.97. The molecule has 3 aromatic rings. The quantitative estimate of drug-likeness (QED) is 0.378. The van der Waals surface area contributed by atoms with Gasteiger partial charge in [-0.2, -0.15) is 0 Å². The largest absolute Gasteiger partial charge is 0.454 e. The normalized spacial score (nSPS) is 10.5. The predicted molar refractivity (Wildman–Crippen MR) is 121 cm³/mol. The van der Waals surface area contributed by atoms with Gasteiger partial charge >= 0.3 is 5.97 Å². The van der Waals surface area contributed by atoms with Crippen LogP contribution in [0.15, 0.2) is 47.7 Å². The molecule has 7 nitrogen and oxygen atoms in total. The molecule has 1 aromatic carbocycles. The number of hydrogen-bond acceptors (Lipinski definition) is 8. The third-order valence-corrected chi connectivity index (χ3v) is 5.79. The average Bonchev–Trinajstić information content (AvgIpc) is 3.41. The summed E-state index contributed by atoms with van der Waals surface area (Å²) in [6, 6.07) is 7.80. The van der Waals surface area contributed by atoms with Gasteiger partial charge in [-0.3, -0.25) is 9.69 Å². The number of nitrogens with zero attached hydrogens (tertiary/aromatic N) is 3. The molecule has 156 valence electrons. The van der Waals surface area contributed by atoms with E-state index in [-0.39, 0.29) is 18.2 Å². The first-order chi connectivity index (χ1) is 14.5. The lowest BCUT2D eigenvalue weighted by Gasteiger charge is -2.18. The van der Waals surface area contributed by atoms with Crippen molar-refractivity contribution in [2.24, 2.45) is 0 Å². The summed E-state index contributed by atoms with van der Waals surface area (Å²) in [6.45, 7) is 7.77. The van der Waals surface area contributed by atoms with Gasteiger partial charge in [-0.1, -0.05) is 25.1 Å². The molecule has 0 bridgehead atoms. The van der Waals surface area contributed by atoms with Gasteiger partial charge in [-0.15, -0.1) is 29.3 Å². The molecule has 9 heteroatoms. The number of hydrogen-bond donors (Lipinski definition) is 1. The van der Waals surface area contributed by atoms with Gasteiger partial charge in [0.15, 0.2) is 16.0 Å². The molecule has 0 aliphatic rings. The highest BCUT2D eigenvalue weighted by Gasteiger charge is 2.19. The van der Waals surface area contributed by atoms with Gasteiger partial charge in [0.05, 0.1) is 11.4 Å². The first kappa shape index (κ1) is 21.7. The summed E-state index contributed by atoms with van der Waals surface area (Å²) in [4.78, 5) is 34.6. The zero-order valence-electron chi connectivity index (χ0n) is 16.8. The molecular formula is C21H22N4O3S2. The van der Waals surface area contributed by atoms with E-state index in [9.17, 15) is 9.59 Å². The summed E-state index contributed by atoms with van der Waals surface area (Å²) in [6.07, 6.45) is 2.64. The van der Waals surface area contributed by atoms with E-state index in [0.29, 0.717) is 22.5 Å². The maximum atomic E-state index is 12.2. The van der Waals surface area contributed by atoms with Crippen molar-refractivity contribution >= 4 is 50.5 Å². The molecule has 1 N–H and O–H groups in total. The molecule has 1 amide bonds. The second kappa shape index (κ2) is 10.1. The van der Waals surface area contributed by atoms with Crippen molar-refractivity contribution in [2.45, 2.75) is 26.9 Å². The molecular weight excluding hydrogens is 420 g/mol. The maximum Gasteiger partial charge on any atom is 0.358 e. The Morgan fingerprint density at radius 1 is 1.20 bits per heavy atom. The molecule has 2 heterocycles. The van der Waals surface area contributed by atoms with E-state index >= 15 is 0 Å². The van der Waals surface area contributed by atoms with Crippen LogP contribution in [0.25, 0.3) is 0 Å². The number of thiazole rings is 2. The minimum Gasteiger partial charge on any atom is -0.454 e. The monoisotopic (exact) mass is 442 g/mol. The molecule has 0 atom stereocenters. The number of anilines is 3. The molecule has 2 aromatic heterocycles. The Morgan fingerprint density at radius 3 is 2.63 bits per heavy atom. The van der Waals surface area contributed by atoms with E-state index in [4.69, 9.17) is 4.74 Å². The predicted octanol–water partition coefficient (Wildman–Crippen LogP) is 4.80. The van der Waals surface area contributed by atoms with Crippen LogP contribution in [0.3, 0.4) is 0 Å². The number of benzene rings is 1. The smallest absolute Gasteiger partial charge is 0.358 e. The third-order valence-electron chi connectivity index (χ3n) is 4.11. The van der Waals surface area contributed by atoms with Crippen LogP contribution in [-0.2, 0) is 22.6 Å². The molecule has 0 aliphatic heterocycles. The molecule has 0 saturated heterocycles. The van der Waals surface area contributed by atoms with Crippen LogP contribution in [-0.4, -0.2) is 28.4 Å². The van der Waals surface area contributed by atoms with Crippen LogP contribution < -0.4 is 10.2 Å². The molecule has 30 heavy (non-hydrogen) atoms. The number of carbonyl (C=O) groups is 2. The fourth-order valence-electron chi connectivity index (χ4n) is 2.59. The van der Waals surface area contributed by atoms with Crippen LogP contribution in [0.4, 0.5) is 16.0 Å². The number of carbonyl (C=O) groups excluding carboxylic acids is 2. The van der Waals surface area contributed by atoms with E-state index in [0.717, 1.165) is 12.1 Å². The third kappa shape index (κ3) is 5.31. The average molecular weight is 443 g/mol. The Balaban J connectivity index is 1.65. The van der Waals surface area contributed by atoms with Crippen molar-refractivity contribution < 1.29 is 14.3 Å². The van der Waals surface area contributed by atoms with Crippen LogP contribution in [0.2, 0.25) is 0 Å². The summed E-state index contributed by atoms with van der Waals surface area (Å²) in [5, 5.41) is 7.60. The lowest BCUT2D eigenvalue weighted by atomic mass is 10.1. The number of nitrogens with one attached hydrogen (secondary N) is 1. The van der Waals surface area contributed by atoms with Crippen molar-refractivity contribution in [1.82, 2.24) is 9.97 Å². The van der Waals surface area contributed by atoms with E-state index in [1.54, 1.807) is 21.7 Å². The SMILES string of the molecule is C=CCNc1nc(C(=O)OCc2csc(N(C(C)=O)c3ccc(CC)cc3)n2)cs1. The Hall–Kier alpha value is -3.04. The maximum absolute atomic E-state index is 12.2. The van der Waals surface area contributed by atoms with Crippen molar-refractivity contribution in [2.75, 3.05) is 16.8 Å². The number of aryl methyl sites for hydroxylation is 1. The number of amides is 1. The van der Waals surface area contributed by atoms with Crippen LogP contribution in [0.1, 0.15) is 35.6 Å². The molecule has 0 fully saturated rings. The Labute approximate surface area is 183 Å².